The second-order valence-electron chi connectivity index (χ2n) is 2.72. The van der Waals surface area contributed by atoms with Gasteiger partial charge in [-0.3, -0.25) is 4.52 Å². The van der Waals surface area contributed by atoms with Crippen LogP contribution in [-0.2, 0) is 9.09 Å². The lowest BCUT2D eigenvalue weighted by Gasteiger charge is -2.06. The molecule has 0 aliphatic rings. The Morgan fingerprint density at radius 1 is 1.27 bits per heavy atom. The van der Waals surface area contributed by atoms with E-state index in [1.54, 1.807) is 18.2 Å². The van der Waals surface area contributed by atoms with Gasteiger partial charge in [-0.1, -0.05) is 38.5 Å². The van der Waals surface area contributed by atoms with Gasteiger partial charge in [0.1, 0.15) is 5.75 Å². The van der Waals surface area contributed by atoms with E-state index in [9.17, 15) is 8.76 Å². The predicted molar refractivity (Wildman–Crippen MR) is 58.8 cm³/mol. The van der Waals surface area contributed by atoms with Gasteiger partial charge in [0.15, 0.2) is 0 Å². The van der Waals surface area contributed by atoms with Gasteiger partial charge < -0.3 is 4.52 Å². The van der Waals surface area contributed by atoms with Crippen LogP contribution in [0.3, 0.4) is 0 Å². The van der Waals surface area contributed by atoms with Gasteiger partial charge in [0, 0.05) is 7.11 Å². The number of benzene rings is 1. The molecule has 15 heavy (non-hydrogen) atoms. The second kappa shape index (κ2) is 7.43. The smallest absolute Gasteiger partial charge is 0.401 e. The molecule has 0 heterocycles. The zero-order valence-corrected chi connectivity index (χ0v) is 10.0. The molecule has 0 saturated heterocycles. The molecule has 0 radical (unpaired) electrons. The number of rotatable bonds is 3. The van der Waals surface area contributed by atoms with E-state index >= 15 is 0 Å². The van der Waals surface area contributed by atoms with E-state index in [0.29, 0.717) is 0 Å². The van der Waals surface area contributed by atoms with Crippen LogP contribution in [0, 0.1) is 0 Å². The maximum atomic E-state index is 12.6. The third-order valence-electron chi connectivity index (χ3n) is 1.18. The molecule has 0 saturated carbocycles. The van der Waals surface area contributed by atoms with E-state index in [1.807, 2.05) is 0 Å². The summed E-state index contributed by atoms with van der Waals surface area (Å²) < 4.78 is 31.7. The van der Waals surface area contributed by atoms with Crippen molar-refractivity contribution in [1.29, 1.82) is 0 Å². The van der Waals surface area contributed by atoms with E-state index in [2.05, 4.69) is 22.9 Å². The fourth-order valence-corrected chi connectivity index (χ4v) is 1.09. The average molecular weight is 234 g/mol. The van der Waals surface area contributed by atoms with Crippen molar-refractivity contribution in [2.24, 2.45) is 0 Å². The Bertz CT molecular complexity index is 303. The fourth-order valence-electron chi connectivity index (χ4n) is 0.645. The van der Waals surface area contributed by atoms with Crippen LogP contribution in [0.25, 0.3) is 0 Å². The minimum atomic E-state index is -4.40. The molecule has 0 amide bonds. The van der Waals surface area contributed by atoms with Crippen molar-refractivity contribution in [1.82, 2.24) is 0 Å². The van der Waals surface area contributed by atoms with Crippen LogP contribution in [0.2, 0.25) is 0 Å². The SMILES string of the molecule is CCC.COP(=O)(F)Oc1ccccc1. The molecule has 0 aliphatic heterocycles. The minimum Gasteiger partial charge on any atom is -0.401 e. The lowest BCUT2D eigenvalue weighted by Crippen LogP contribution is -1.88. The van der Waals surface area contributed by atoms with Gasteiger partial charge in [0.2, 0.25) is 0 Å². The van der Waals surface area contributed by atoms with Crippen molar-refractivity contribution in [3.05, 3.63) is 30.3 Å². The van der Waals surface area contributed by atoms with Crippen LogP contribution >= 0.6 is 7.91 Å². The van der Waals surface area contributed by atoms with Crippen LogP contribution in [-0.4, -0.2) is 7.11 Å². The van der Waals surface area contributed by atoms with Crippen LogP contribution in [0.1, 0.15) is 20.3 Å². The number of hydrogen-bond donors (Lipinski definition) is 0. The summed E-state index contributed by atoms with van der Waals surface area (Å²) in [4.78, 5) is 0. The summed E-state index contributed by atoms with van der Waals surface area (Å²) in [6, 6.07) is 8.01. The van der Waals surface area contributed by atoms with Crippen molar-refractivity contribution in [2.45, 2.75) is 20.3 Å². The molecule has 5 heteroatoms. The molecular weight excluding hydrogens is 218 g/mol. The highest BCUT2D eigenvalue weighted by molar-refractivity contribution is 7.48. The molecule has 0 aliphatic carbocycles. The Kier molecular flexibility index (Phi) is 7.01. The summed E-state index contributed by atoms with van der Waals surface area (Å²) >= 11 is 0. The molecule has 86 valence electrons. The Balaban J connectivity index is 0.000000583. The third kappa shape index (κ3) is 7.11. The monoisotopic (exact) mass is 234 g/mol. The molecule has 1 atom stereocenters. The maximum Gasteiger partial charge on any atom is 0.569 e. The number of para-hydroxylation sites is 1. The van der Waals surface area contributed by atoms with Gasteiger partial charge in [-0.05, 0) is 12.1 Å². The Hall–Kier alpha value is -0.860. The second-order valence-corrected chi connectivity index (χ2v) is 4.13. The highest BCUT2D eigenvalue weighted by Crippen LogP contribution is 2.48. The summed E-state index contributed by atoms with van der Waals surface area (Å²) in [5, 5.41) is 0. The van der Waals surface area contributed by atoms with Crippen molar-refractivity contribution >= 4 is 7.91 Å². The molecule has 1 rings (SSSR count). The Morgan fingerprint density at radius 3 is 2.13 bits per heavy atom. The van der Waals surface area contributed by atoms with Crippen LogP contribution in [0.4, 0.5) is 4.20 Å². The third-order valence-corrected chi connectivity index (χ3v) is 2.04. The lowest BCUT2D eigenvalue weighted by atomic mass is 10.3. The lowest BCUT2D eigenvalue weighted by molar-refractivity contribution is 0.281. The summed E-state index contributed by atoms with van der Waals surface area (Å²) in [6.07, 6.45) is 1.25. The quantitative estimate of drug-likeness (QED) is 0.735. The predicted octanol–water partition coefficient (Wildman–Crippen LogP) is 4.21. The zero-order chi connectivity index (χ0) is 11.7. The van der Waals surface area contributed by atoms with Gasteiger partial charge in [-0.15, -0.1) is 4.20 Å². The first-order valence-corrected chi connectivity index (χ1v) is 6.09. The molecule has 0 aromatic heterocycles. The first-order chi connectivity index (χ1) is 7.05. The first kappa shape index (κ1) is 14.1. The van der Waals surface area contributed by atoms with E-state index in [4.69, 9.17) is 0 Å². The van der Waals surface area contributed by atoms with Gasteiger partial charge in [0.05, 0.1) is 0 Å². The van der Waals surface area contributed by atoms with Gasteiger partial charge in [-0.25, -0.2) is 4.57 Å². The molecule has 1 aromatic rings. The van der Waals surface area contributed by atoms with Gasteiger partial charge >= 0.3 is 7.91 Å². The van der Waals surface area contributed by atoms with Crippen LogP contribution < -0.4 is 4.52 Å². The Morgan fingerprint density at radius 2 is 1.73 bits per heavy atom. The van der Waals surface area contributed by atoms with E-state index < -0.39 is 7.91 Å². The molecular formula is C10H16FO3P. The van der Waals surface area contributed by atoms with Gasteiger partial charge in [0.25, 0.3) is 0 Å². The van der Waals surface area contributed by atoms with Gasteiger partial charge in [-0.2, -0.15) is 0 Å². The fraction of sp³-hybridized carbons (Fsp3) is 0.400. The van der Waals surface area contributed by atoms with Crippen molar-refractivity contribution < 1.29 is 17.8 Å². The molecule has 1 aromatic carbocycles. The van der Waals surface area contributed by atoms with Crippen LogP contribution in [0.15, 0.2) is 30.3 Å². The normalized spacial score (nSPS) is 13.3. The summed E-state index contributed by atoms with van der Waals surface area (Å²) in [6.45, 7) is 4.25. The highest BCUT2D eigenvalue weighted by atomic mass is 31.2. The van der Waals surface area contributed by atoms with Crippen molar-refractivity contribution in [3.8, 4) is 5.75 Å². The number of halogens is 1. The van der Waals surface area contributed by atoms with E-state index in [0.717, 1.165) is 7.11 Å². The standard InChI is InChI=1S/C7H8FO3P.C3H8/c1-10-12(8,9)11-7-5-3-2-4-6-7;1-3-2/h2-6H,1H3;3H2,1-2H3. The maximum absolute atomic E-state index is 12.6. The molecule has 0 fully saturated rings. The minimum absolute atomic E-state index is 0.185. The summed E-state index contributed by atoms with van der Waals surface area (Å²) in [5.74, 6) is 0.185. The van der Waals surface area contributed by atoms with Crippen LogP contribution in [0.5, 0.6) is 5.75 Å². The molecule has 0 bridgehead atoms. The first-order valence-electron chi connectivity index (χ1n) is 4.65. The van der Waals surface area contributed by atoms with Crippen molar-refractivity contribution in [2.75, 3.05) is 7.11 Å². The van der Waals surface area contributed by atoms with E-state index in [1.165, 1.54) is 18.6 Å². The summed E-state index contributed by atoms with van der Waals surface area (Å²) in [5.41, 5.74) is 0. The van der Waals surface area contributed by atoms with E-state index in [-0.39, 0.29) is 5.75 Å². The molecule has 1 unspecified atom stereocenters. The topological polar surface area (TPSA) is 35.5 Å². The largest absolute Gasteiger partial charge is 0.569 e. The molecule has 0 N–H and O–H groups in total. The number of hydrogen-bond acceptors (Lipinski definition) is 3. The van der Waals surface area contributed by atoms with Crippen molar-refractivity contribution in [3.63, 3.8) is 0 Å². The average Bonchev–Trinajstić information content (AvgIpc) is 2.20. The molecule has 3 nitrogen and oxygen atoms in total. The summed E-state index contributed by atoms with van der Waals surface area (Å²) in [7, 11) is -3.41. The highest BCUT2D eigenvalue weighted by Gasteiger charge is 2.23. The molecule has 0 spiro atoms. The Labute approximate surface area is 89.9 Å². The zero-order valence-electron chi connectivity index (χ0n) is 9.14.